The maximum Gasteiger partial charge on any atom is 0.256 e. The van der Waals surface area contributed by atoms with Crippen molar-refractivity contribution in [1.29, 1.82) is 0 Å². The Labute approximate surface area is 127 Å². The minimum Gasteiger partial charge on any atom is -0.322 e. The van der Waals surface area contributed by atoms with Crippen LogP contribution in [0.2, 0.25) is 0 Å². The number of alkyl halides is 1. The third kappa shape index (κ3) is 3.64. The molecule has 0 saturated carbocycles. The van der Waals surface area contributed by atoms with E-state index in [1.54, 1.807) is 6.07 Å². The van der Waals surface area contributed by atoms with Gasteiger partial charge in [-0.25, -0.2) is 4.39 Å². The molecule has 0 unspecified atom stereocenters. The summed E-state index contributed by atoms with van der Waals surface area (Å²) in [5.41, 5.74) is 2.00. The molecule has 0 spiro atoms. The molecule has 0 aliphatic rings. The van der Waals surface area contributed by atoms with Crippen LogP contribution in [0.3, 0.4) is 0 Å². The van der Waals surface area contributed by atoms with Gasteiger partial charge in [0, 0.05) is 15.5 Å². The van der Waals surface area contributed by atoms with Gasteiger partial charge in [-0.3, -0.25) is 4.79 Å². The molecular formula is C14H10Br2FNO. The first kappa shape index (κ1) is 14.2. The lowest BCUT2D eigenvalue weighted by Crippen LogP contribution is -2.13. The Hall–Kier alpha value is -1.20. The molecule has 2 nitrogen and oxygen atoms in total. The fourth-order valence-corrected chi connectivity index (χ4v) is 2.38. The van der Waals surface area contributed by atoms with E-state index in [-0.39, 0.29) is 11.5 Å². The molecule has 0 atom stereocenters. The summed E-state index contributed by atoms with van der Waals surface area (Å²) in [5, 5.41) is 3.45. The summed E-state index contributed by atoms with van der Waals surface area (Å²) >= 11 is 6.59. The highest BCUT2D eigenvalue weighted by Crippen LogP contribution is 2.20. The van der Waals surface area contributed by atoms with Gasteiger partial charge in [0.1, 0.15) is 5.82 Å². The van der Waals surface area contributed by atoms with Gasteiger partial charge in [0.15, 0.2) is 0 Å². The number of nitrogens with one attached hydrogen (secondary N) is 1. The van der Waals surface area contributed by atoms with Crippen LogP contribution in [0, 0.1) is 5.82 Å². The Morgan fingerprint density at radius 3 is 2.74 bits per heavy atom. The van der Waals surface area contributed by atoms with E-state index in [2.05, 4.69) is 37.2 Å². The van der Waals surface area contributed by atoms with E-state index in [1.165, 1.54) is 18.2 Å². The largest absolute Gasteiger partial charge is 0.322 e. The highest BCUT2D eigenvalue weighted by molar-refractivity contribution is 9.10. The fourth-order valence-electron chi connectivity index (χ4n) is 1.60. The number of carbonyl (C=O) groups excluding carboxylic acids is 1. The third-order valence-electron chi connectivity index (χ3n) is 2.51. The van der Waals surface area contributed by atoms with Crippen molar-refractivity contribution < 1.29 is 9.18 Å². The Balaban J connectivity index is 2.23. The topological polar surface area (TPSA) is 29.1 Å². The van der Waals surface area contributed by atoms with E-state index < -0.39 is 5.82 Å². The maximum atomic E-state index is 13.2. The Morgan fingerprint density at radius 1 is 1.21 bits per heavy atom. The summed E-state index contributed by atoms with van der Waals surface area (Å²) in [6, 6.07) is 11.5. The molecule has 19 heavy (non-hydrogen) atoms. The molecule has 1 amide bonds. The Kier molecular flexibility index (Phi) is 4.71. The average Bonchev–Trinajstić information content (AvgIpc) is 2.41. The summed E-state index contributed by atoms with van der Waals surface area (Å²) in [5.74, 6) is -0.791. The Morgan fingerprint density at radius 2 is 2.00 bits per heavy atom. The van der Waals surface area contributed by atoms with E-state index in [9.17, 15) is 9.18 Å². The highest BCUT2D eigenvalue weighted by atomic mass is 79.9. The molecule has 2 aromatic carbocycles. The molecule has 0 saturated heterocycles. The van der Waals surface area contributed by atoms with Gasteiger partial charge < -0.3 is 5.32 Å². The van der Waals surface area contributed by atoms with E-state index in [1.807, 2.05) is 18.2 Å². The summed E-state index contributed by atoms with van der Waals surface area (Å²) in [6.07, 6.45) is 0. The normalized spacial score (nSPS) is 10.3. The lowest BCUT2D eigenvalue weighted by molar-refractivity contribution is 0.102. The summed E-state index contributed by atoms with van der Waals surface area (Å²) in [7, 11) is 0. The molecule has 98 valence electrons. The quantitative estimate of drug-likeness (QED) is 0.758. The van der Waals surface area contributed by atoms with Gasteiger partial charge in [0.05, 0.1) is 5.56 Å². The van der Waals surface area contributed by atoms with Crippen LogP contribution in [0.25, 0.3) is 0 Å². The lowest BCUT2D eigenvalue weighted by Gasteiger charge is -2.08. The minimum absolute atomic E-state index is 0.268. The van der Waals surface area contributed by atoms with E-state index in [0.717, 1.165) is 5.56 Å². The molecule has 2 aromatic rings. The highest BCUT2D eigenvalue weighted by Gasteiger charge is 2.11. The molecule has 1 N–H and O–H groups in total. The third-order valence-corrected chi connectivity index (χ3v) is 3.85. The van der Waals surface area contributed by atoms with Crippen LogP contribution in [0.15, 0.2) is 46.9 Å². The number of rotatable bonds is 3. The van der Waals surface area contributed by atoms with Gasteiger partial charge in [0.25, 0.3) is 5.91 Å². The number of hydrogen-bond acceptors (Lipinski definition) is 1. The molecule has 0 radical (unpaired) electrons. The first-order valence-corrected chi connectivity index (χ1v) is 7.43. The van der Waals surface area contributed by atoms with Crippen LogP contribution in [0.1, 0.15) is 15.9 Å². The number of halogens is 3. The van der Waals surface area contributed by atoms with Crippen LogP contribution < -0.4 is 5.32 Å². The van der Waals surface area contributed by atoms with Crippen LogP contribution in [-0.2, 0) is 5.33 Å². The maximum absolute atomic E-state index is 13.2. The van der Waals surface area contributed by atoms with E-state index in [4.69, 9.17) is 0 Å². The minimum atomic E-state index is -0.442. The zero-order valence-corrected chi connectivity index (χ0v) is 13.0. The molecule has 0 fully saturated rings. The first-order valence-electron chi connectivity index (χ1n) is 5.51. The van der Waals surface area contributed by atoms with Crippen molar-refractivity contribution in [2.24, 2.45) is 0 Å². The SMILES string of the molecule is O=C(Nc1cccc(CBr)c1)c1cc(F)ccc1Br. The molecule has 0 aromatic heterocycles. The second-order valence-corrected chi connectivity index (χ2v) is 5.33. The predicted molar refractivity (Wildman–Crippen MR) is 81.1 cm³/mol. The van der Waals surface area contributed by atoms with Crippen molar-refractivity contribution in [2.75, 3.05) is 5.32 Å². The van der Waals surface area contributed by atoms with Crippen molar-refractivity contribution in [2.45, 2.75) is 5.33 Å². The molecule has 0 aliphatic carbocycles. The zero-order chi connectivity index (χ0) is 13.8. The smallest absolute Gasteiger partial charge is 0.256 e. The van der Waals surface area contributed by atoms with Crippen molar-refractivity contribution in [3.63, 3.8) is 0 Å². The average molecular weight is 387 g/mol. The monoisotopic (exact) mass is 385 g/mol. The first-order chi connectivity index (χ1) is 9.10. The van der Waals surface area contributed by atoms with Crippen LogP contribution >= 0.6 is 31.9 Å². The number of benzene rings is 2. The fraction of sp³-hybridized carbons (Fsp3) is 0.0714. The van der Waals surface area contributed by atoms with E-state index >= 15 is 0 Å². The molecule has 5 heteroatoms. The summed E-state index contributed by atoms with van der Waals surface area (Å²) in [6.45, 7) is 0. The van der Waals surface area contributed by atoms with Gasteiger partial charge in [0.2, 0.25) is 0 Å². The number of anilines is 1. The standard InChI is InChI=1S/C14H10Br2FNO/c15-8-9-2-1-3-11(6-9)18-14(19)12-7-10(17)4-5-13(12)16/h1-7H,8H2,(H,18,19). The van der Waals surface area contributed by atoms with Crippen molar-refractivity contribution in [1.82, 2.24) is 0 Å². The predicted octanol–water partition coefficient (Wildman–Crippen LogP) is 4.74. The van der Waals surface area contributed by atoms with Crippen molar-refractivity contribution in [3.05, 3.63) is 63.9 Å². The van der Waals surface area contributed by atoms with Crippen LogP contribution in [0.4, 0.5) is 10.1 Å². The van der Waals surface area contributed by atoms with Gasteiger partial charge in [-0.05, 0) is 51.8 Å². The Bertz CT molecular complexity index is 616. The lowest BCUT2D eigenvalue weighted by atomic mass is 10.2. The van der Waals surface area contributed by atoms with Gasteiger partial charge in [-0.15, -0.1) is 0 Å². The van der Waals surface area contributed by atoms with Gasteiger partial charge in [-0.1, -0.05) is 28.1 Å². The van der Waals surface area contributed by atoms with Crippen LogP contribution in [-0.4, -0.2) is 5.91 Å². The number of hydrogen-bond donors (Lipinski definition) is 1. The number of carbonyl (C=O) groups is 1. The van der Waals surface area contributed by atoms with Crippen LogP contribution in [0.5, 0.6) is 0 Å². The van der Waals surface area contributed by atoms with Gasteiger partial charge in [-0.2, -0.15) is 0 Å². The van der Waals surface area contributed by atoms with Crippen molar-refractivity contribution >= 4 is 43.5 Å². The summed E-state index contributed by atoms with van der Waals surface area (Å²) < 4.78 is 13.7. The molecule has 2 rings (SSSR count). The molecule has 0 heterocycles. The molecule has 0 bridgehead atoms. The molecular weight excluding hydrogens is 377 g/mol. The summed E-state index contributed by atoms with van der Waals surface area (Å²) in [4.78, 5) is 12.1. The zero-order valence-electron chi connectivity index (χ0n) is 9.79. The number of amides is 1. The van der Waals surface area contributed by atoms with Gasteiger partial charge >= 0.3 is 0 Å². The van der Waals surface area contributed by atoms with Crippen molar-refractivity contribution in [3.8, 4) is 0 Å². The van der Waals surface area contributed by atoms with E-state index in [0.29, 0.717) is 15.5 Å². The second kappa shape index (κ2) is 6.30. The second-order valence-electron chi connectivity index (χ2n) is 3.91. The molecule has 0 aliphatic heterocycles.